The second-order valence-corrected chi connectivity index (χ2v) is 5.24. The fraction of sp³-hybridized carbons (Fsp3) is 0.714. The van der Waals surface area contributed by atoms with Crippen molar-refractivity contribution < 1.29 is 5.11 Å². The number of likely N-dealkylation sites (N-methyl/N-ethyl adjacent to an activating group) is 1. The molecule has 4 N–H and O–H groups in total. The van der Waals surface area contributed by atoms with E-state index in [1.807, 2.05) is 11.8 Å². The van der Waals surface area contributed by atoms with Gasteiger partial charge >= 0.3 is 0 Å². The number of nitrogens with two attached hydrogens (primary N) is 1. The number of aliphatic hydroxyl groups is 1. The molecule has 6 nitrogen and oxygen atoms in total. The van der Waals surface area contributed by atoms with Crippen LogP contribution in [0.5, 0.6) is 0 Å². The molecule has 1 heterocycles. The lowest BCUT2D eigenvalue weighted by Gasteiger charge is -2.26. The zero-order valence-corrected chi connectivity index (χ0v) is 12.2. The van der Waals surface area contributed by atoms with Gasteiger partial charge in [0.15, 0.2) is 11.6 Å². The summed E-state index contributed by atoms with van der Waals surface area (Å²) in [5.41, 5.74) is 6.77. The van der Waals surface area contributed by atoms with E-state index in [1.165, 1.54) is 38.4 Å². The van der Waals surface area contributed by atoms with Gasteiger partial charge in [0.25, 0.3) is 0 Å². The van der Waals surface area contributed by atoms with E-state index < -0.39 is 0 Å². The highest BCUT2D eigenvalue weighted by molar-refractivity contribution is 5.75. The maximum atomic E-state index is 9.11. The molecule has 112 valence electrons. The van der Waals surface area contributed by atoms with Crippen LogP contribution in [0.1, 0.15) is 39.0 Å². The third kappa shape index (κ3) is 3.50. The average molecular weight is 279 g/mol. The van der Waals surface area contributed by atoms with E-state index in [2.05, 4.69) is 15.3 Å². The molecule has 1 aliphatic rings. The number of hydrogen-bond acceptors (Lipinski definition) is 6. The molecular formula is C14H25N5O. The first-order valence-corrected chi connectivity index (χ1v) is 7.49. The number of nitrogens with one attached hydrogen (secondary N) is 1. The lowest BCUT2D eigenvalue weighted by atomic mass is 9.95. The molecular weight excluding hydrogens is 254 g/mol. The van der Waals surface area contributed by atoms with Crippen molar-refractivity contribution >= 4 is 17.3 Å². The van der Waals surface area contributed by atoms with Gasteiger partial charge in [0.05, 0.1) is 6.61 Å². The van der Waals surface area contributed by atoms with Crippen molar-refractivity contribution in [3.05, 3.63) is 6.33 Å². The third-order valence-electron chi connectivity index (χ3n) is 3.86. The smallest absolute Gasteiger partial charge is 0.157 e. The Morgan fingerprint density at radius 3 is 2.75 bits per heavy atom. The minimum Gasteiger partial charge on any atom is -0.395 e. The van der Waals surface area contributed by atoms with E-state index in [9.17, 15) is 0 Å². The van der Waals surface area contributed by atoms with Crippen molar-refractivity contribution in [1.82, 2.24) is 9.97 Å². The average Bonchev–Trinajstić information content (AvgIpc) is 2.48. The number of hydrogen-bond donors (Lipinski definition) is 3. The zero-order chi connectivity index (χ0) is 14.4. The number of aromatic nitrogens is 2. The summed E-state index contributed by atoms with van der Waals surface area (Å²) >= 11 is 0. The maximum absolute atomic E-state index is 9.11. The van der Waals surface area contributed by atoms with Crippen LogP contribution in [0.4, 0.5) is 17.3 Å². The molecule has 0 spiro atoms. The summed E-state index contributed by atoms with van der Waals surface area (Å²) in [5.74, 6) is 1.42. The Bertz CT molecular complexity index is 420. The highest BCUT2D eigenvalue weighted by Crippen LogP contribution is 2.28. The SMILES string of the molecule is CCN(CCO)c1ncnc(NC2CCCCC2)c1N. The Kier molecular flexibility index (Phi) is 5.40. The third-order valence-corrected chi connectivity index (χ3v) is 3.86. The van der Waals surface area contributed by atoms with Crippen LogP contribution in [0.2, 0.25) is 0 Å². The van der Waals surface area contributed by atoms with Crippen LogP contribution >= 0.6 is 0 Å². The van der Waals surface area contributed by atoms with Crippen LogP contribution in [-0.4, -0.2) is 40.8 Å². The molecule has 0 radical (unpaired) electrons. The minimum absolute atomic E-state index is 0.0860. The molecule has 1 fully saturated rings. The summed E-state index contributed by atoms with van der Waals surface area (Å²) < 4.78 is 0. The number of anilines is 3. The molecule has 0 amide bonds. The zero-order valence-electron chi connectivity index (χ0n) is 12.2. The molecule has 2 rings (SSSR count). The first-order chi connectivity index (χ1) is 9.76. The second kappa shape index (κ2) is 7.28. The van der Waals surface area contributed by atoms with Crippen molar-refractivity contribution in [3.63, 3.8) is 0 Å². The molecule has 1 aromatic heterocycles. The normalized spacial score (nSPS) is 16.1. The summed E-state index contributed by atoms with van der Waals surface area (Å²) in [6, 6.07) is 0.460. The number of aliphatic hydroxyl groups excluding tert-OH is 1. The molecule has 0 aliphatic heterocycles. The van der Waals surface area contributed by atoms with Crippen LogP contribution in [0.3, 0.4) is 0 Å². The fourth-order valence-corrected chi connectivity index (χ4v) is 2.73. The molecule has 0 unspecified atom stereocenters. The van der Waals surface area contributed by atoms with Crippen molar-refractivity contribution in [2.24, 2.45) is 0 Å². The Hall–Kier alpha value is -1.56. The molecule has 6 heteroatoms. The van der Waals surface area contributed by atoms with Gasteiger partial charge in [0.2, 0.25) is 0 Å². The second-order valence-electron chi connectivity index (χ2n) is 5.24. The van der Waals surface area contributed by atoms with E-state index in [1.54, 1.807) is 0 Å². The predicted molar refractivity (Wildman–Crippen MR) is 81.9 cm³/mol. The van der Waals surface area contributed by atoms with E-state index >= 15 is 0 Å². The van der Waals surface area contributed by atoms with Crippen LogP contribution in [0.15, 0.2) is 6.33 Å². The number of rotatable bonds is 6. The standard InChI is InChI=1S/C14H25N5O/c1-2-19(8-9-20)14-12(15)13(16-10-17-14)18-11-6-4-3-5-7-11/h10-11,20H,2-9,15H2,1H3,(H,16,17,18). The van der Waals surface area contributed by atoms with E-state index in [4.69, 9.17) is 10.8 Å². The first-order valence-electron chi connectivity index (χ1n) is 7.49. The topological polar surface area (TPSA) is 87.3 Å². The molecule has 0 saturated heterocycles. The van der Waals surface area contributed by atoms with Crippen LogP contribution in [0.25, 0.3) is 0 Å². The fourth-order valence-electron chi connectivity index (χ4n) is 2.73. The highest BCUT2D eigenvalue weighted by atomic mass is 16.3. The molecule has 0 aromatic carbocycles. The Morgan fingerprint density at radius 1 is 1.35 bits per heavy atom. The van der Waals surface area contributed by atoms with Gasteiger partial charge in [-0.2, -0.15) is 0 Å². The minimum atomic E-state index is 0.0860. The lowest BCUT2D eigenvalue weighted by Crippen LogP contribution is -2.29. The molecule has 0 atom stereocenters. The molecule has 1 aliphatic carbocycles. The largest absolute Gasteiger partial charge is 0.395 e. The van der Waals surface area contributed by atoms with Gasteiger partial charge in [0.1, 0.15) is 12.0 Å². The Labute approximate surface area is 120 Å². The molecule has 20 heavy (non-hydrogen) atoms. The predicted octanol–water partition coefficient (Wildman–Crippen LogP) is 1.62. The number of nitrogens with zero attached hydrogens (tertiary/aromatic N) is 3. The molecule has 0 bridgehead atoms. The molecule has 1 aromatic rings. The van der Waals surface area contributed by atoms with E-state index in [0.29, 0.717) is 24.1 Å². The van der Waals surface area contributed by atoms with Crippen molar-refractivity contribution in [3.8, 4) is 0 Å². The monoisotopic (exact) mass is 279 g/mol. The van der Waals surface area contributed by atoms with Crippen LogP contribution < -0.4 is 16.0 Å². The summed E-state index contributed by atoms with van der Waals surface area (Å²) in [5, 5.41) is 12.6. The number of nitrogen functional groups attached to an aromatic ring is 1. The summed E-state index contributed by atoms with van der Waals surface area (Å²) in [6.45, 7) is 3.39. The van der Waals surface area contributed by atoms with Gasteiger partial charge in [-0.05, 0) is 19.8 Å². The maximum Gasteiger partial charge on any atom is 0.157 e. The quantitative estimate of drug-likeness (QED) is 0.733. The lowest BCUT2D eigenvalue weighted by molar-refractivity contribution is 0.302. The first kappa shape index (κ1) is 14.8. The van der Waals surface area contributed by atoms with Crippen LogP contribution in [0, 0.1) is 0 Å². The van der Waals surface area contributed by atoms with Crippen molar-refractivity contribution in [2.75, 3.05) is 35.6 Å². The van der Waals surface area contributed by atoms with Gasteiger partial charge in [-0.3, -0.25) is 0 Å². The van der Waals surface area contributed by atoms with Gasteiger partial charge in [-0.15, -0.1) is 0 Å². The van der Waals surface area contributed by atoms with Crippen LogP contribution in [-0.2, 0) is 0 Å². The molecule has 1 saturated carbocycles. The summed E-state index contributed by atoms with van der Waals surface area (Å²) in [4.78, 5) is 10.5. The highest BCUT2D eigenvalue weighted by Gasteiger charge is 2.18. The summed E-state index contributed by atoms with van der Waals surface area (Å²) in [6.07, 6.45) is 7.74. The van der Waals surface area contributed by atoms with Gasteiger partial charge in [0, 0.05) is 19.1 Å². The van der Waals surface area contributed by atoms with Gasteiger partial charge in [-0.1, -0.05) is 19.3 Å². The van der Waals surface area contributed by atoms with Crippen molar-refractivity contribution in [1.29, 1.82) is 0 Å². The van der Waals surface area contributed by atoms with Crippen molar-refractivity contribution in [2.45, 2.75) is 45.1 Å². The summed E-state index contributed by atoms with van der Waals surface area (Å²) in [7, 11) is 0. The van der Waals surface area contributed by atoms with E-state index in [0.717, 1.165) is 12.4 Å². The van der Waals surface area contributed by atoms with Gasteiger partial charge < -0.3 is 21.1 Å². The Balaban J connectivity index is 2.13. The van der Waals surface area contributed by atoms with Gasteiger partial charge in [-0.25, -0.2) is 9.97 Å². The Morgan fingerprint density at radius 2 is 2.10 bits per heavy atom. The van der Waals surface area contributed by atoms with E-state index in [-0.39, 0.29) is 6.61 Å².